The summed E-state index contributed by atoms with van der Waals surface area (Å²) in [6, 6.07) is 11.8. The minimum atomic E-state index is -0.157. The molecule has 2 heterocycles. The number of nitrogens with one attached hydrogen (secondary N) is 1. The number of amides is 1. The molecule has 0 saturated carbocycles. The van der Waals surface area contributed by atoms with E-state index in [0.717, 1.165) is 27.8 Å². The van der Waals surface area contributed by atoms with Crippen LogP contribution in [0.15, 0.2) is 50.8 Å². The van der Waals surface area contributed by atoms with Crippen LogP contribution in [0.1, 0.15) is 44.2 Å². The van der Waals surface area contributed by atoms with E-state index >= 15 is 0 Å². The van der Waals surface area contributed by atoms with E-state index in [9.17, 15) is 4.79 Å². The highest BCUT2D eigenvalue weighted by molar-refractivity contribution is 9.10. The Morgan fingerprint density at radius 2 is 2.00 bits per heavy atom. The highest BCUT2D eigenvalue weighted by Gasteiger charge is 2.34. The number of halogens is 2. The zero-order chi connectivity index (χ0) is 21.6. The lowest BCUT2D eigenvalue weighted by Gasteiger charge is -2.45. The molecule has 2 aliphatic rings. The SMILES string of the molecule is CC1CC(C)(C)N(C)c2cc(Cl)c(/C=C3\SC(=Nc4ccc(Br)cc4)NC3=O)cc21. The molecular weight excluding hydrogens is 482 g/mol. The Hall–Kier alpha value is -1.76. The number of nitrogens with zero attached hydrogens (tertiary/aromatic N) is 2. The first-order valence-electron chi connectivity index (χ1n) is 9.76. The fourth-order valence-electron chi connectivity index (χ4n) is 3.97. The number of rotatable bonds is 2. The van der Waals surface area contributed by atoms with E-state index in [0.29, 0.717) is 21.0 Å². The molecule has 1 saturated heterocycles. The van der Waals surface area contributed by atoms with Crippen molar-refractivity contribution in [2.45, 2.75) is 38.6 Å². The lowest BCUT2D eigenvalue weighted by molar-refractivity contribution is -0.115. The van der Waals surface area contributed by atoms with Crippen LogP contribution in [-0.2, 0) is 4.79 Å². The Bertz CT molecular complexity index is 1080. The number of carbonyl (C=O) groups excluding carboxylic acids is 1. The van der Waals surface area contributed by atoms with Crippen molar-refractivity contribution >= 4 is 67.8 Å². The Labute approximate surface area is 194 Å². The van der Waals surface area contributed by atoms with Gasteiger partial charge in [-0.2, -0.15) is 0 Å². The molecule has 7 heteroatoms. The van der Waals surface area contributed by atoms with Crippen LogP contribution < -0.4 is 10.2 Å². The molecule has 1 unspecified atom stereocenters. The second-order valence-electron chi connectivity index (χ2n) is 8.37. The van der Waals surface area contributed by atoms with Crippen molar-refractivity contribution in [1.82, 2.24) is 5.32 Å². The van der Waals surface area contributed by atoms with Gasteiger partial charge in [0.25, 0.3) is 5.91 Å². The zero-order valence-electron chi connectivity index (χ0n) is 17.3. The molecule has 0 bridgehead atoms. The average Bonchev–Trinajstić information content (AvgIpc) is 3.01. The van der Waals surface area contributed by atoms with Gasteiger partial charge in [-0.05, 0) is 91.5 Å². The lowest BCUT2D eigenvalue weighted by atomic mass is 9.80. The second kappa shape index (κ2) is 8.06. The highest BCUT2D eigenvalue weighted by atomic mass is 79.9. The molecule has 156 valence electrons. The van der Waals surface area contributed by atoms with Crippen molar-refractivity contribution in [3.05, 3.63) is 61.9 Å². The summed E-state index contributed by atoms with van der Waals surface area (Å²) in [5.74, 6) is 0.260. The minimum Gasteiger partial charge on any atom is -0.369 e. The fourth-order valence-corrected chi connectivity index (χ4v) is 5.28. The van der Waals surface area contributed by atoms with Gasteiger partial charge in [0.05, 0.1) is 10.6 Å². The van der Waals surface area contributed by atoms with Gasteiger partial charge < -0.3 is 10.2 Å². The first kappa shape index (κ1) is 21.5. The lowest BCUT2D eigenvalue weighted by Crippen LogP contribution is -2.45. The molecule has 4 rings (SSSR count). The summed E-state index contributed by atoms with van der Waals surface area (Å²) in [4.78, 5) is 19.9. The first-order valence-corrected chi connectivity index (χ1v) is 11.8. The van der Waals surface area contributed by atoms with Crippen molar-refractivity contribution < 1.29 is 4.79 Å². The van der Waals surface area contributed by atoms with E-state index in [4.69, 9.17) is 11.6 Å². The van der Waals surface area contributed by atoms with E-state index in [1.165, 1.54) is 17.3 Å². The van der Waals surface area contributed by atoms with Gasteiger partial charge in [-0.1, -0.05) is 34.5 Å². The van der Waals surface area contributed by atoms with Crippen LogP contribution in [0.4, 0.5) is 11.4 Å². The molecule has 2 aromatic rings. The monoisotopic (exact) mass is 503 g/mol. The Morgan fingerprint density at radius 3 is 2.70 bits per heavy atom. The van der Waals surface area contributed by atoms with Gasteiger partial charge in [-0.3, -0.25) is 4.79 Å². The Kier molecular flexibility index (Phi) is 5.77. The summed E-state index contributed by atoms with van der Waals surface area (Å²) in [7, 11) is 2.12. The number of anilines is 1. The molecule has 1 atom stereocenters. The van der Waals surface area contributed by atoms with E-state index in [-0.39, 0.29) is 11.4 Å². The highest BCUT2D eigenvalue weighted by Crippen LogP contribution is 2.45. The van der Waals surface area contributed by atoms with Crippen LogP contribution in [0.3, 0.4) is 0 Å². The maximum Gasteiger partial charge on any atom is 0.264 e. The van der Waals surface area contributed by atoms with Gasteiger partial charge in [-0.25, -0.2) is 4.99 Å². The van der Waals surface area contributed by atoms with Crippen molar-refractivity contribution in [3.63, 3.8) is 0 Å². The Morgan fingerprint density at radius 1 is 1.30 bits per heavy atom. The van der Waals surface area contributed by atoms with Crippen molar-refractivity contribution in [2.75, 3.05) is 11.9 Å². The molecule has 1 N–H and O–H groups in total. The third-order valence-corrected chi connectivity index (χ3v) is 7.51. The molecule has 1 amide bonds. The maximum absolute atomic E-state index is 12.5. The van der Waals surface area contributed by atoms with Crippen molar-refractivity contribution in [2.24, 2.45) is 4.99 Å². The number of benzene rings is 2. The summed E-state index contributed by atoms with van der Waals surface area (Å²) in [5, 5.41) is 4.05. The summed E-state index contributed by atoms with van der Waals surface area (Å²) in [6.07, 6.45) is 2.92. The molecule has 30 heavy (non-hydrogen) atoms. The van der Waals surface area contributed by atoms with Crippen molar-refractivity contribution in [3.8, 4) is 0 Å². The molecule has 4 nitrogen and oxygen atoms in total. The normalized spacial score (nSPS) is 23.1. The molecule has 2 aromatic carbocycles. The van der Waals surface area contributed by atoms with E-state index in [1.54, 1.807) is 0 Å². The van der Waals surface area contributed by atoms with Gasteiger partial charge in [-0.15, -0.1) is 0 Å². The summed E-state index contributed by atoms with van der Waals surface area (Å²) < 4.78 is 0.987. The molecular formula is C23H23BrClN3OS. The third-order valence-electron chi connectivity index (χ3n) is 5.75. The van der Waals surface area contributed by atoms with Crippen LogP contribution in [-0.4, -0.2) is 23.7 Å². The number of aliphatic imine (C=N–C) groups is 1. The van der Waals surface area contributed by atoms with Crippen LogP contribution in [0.5, 0.6) is 0 Å². The number of amidine groups is 1. The topological polar surface area (TPSA) is 44.7 Å². The Balaban J connectivity index is 1.64. The van der Waals surface area contributed by atoms with Crippen LogP contribution in [0.2, 0.25) is 5.02 Å². The van der Waals surface area contributed by atoms with Gasteiger partial charge in [0.1, 0.15) is 0 Å². The largest absolute Gasteiger partial charge is 0.369 e. The predicted molar refractivity (Wildman–Crippen MR) is 132 cm³/mol. The molecule has 1 fully saturated rings. The smallest absolute Gasteiger partial charge is 0.264 e. The molecule has 0 spiro atoms. The third kappa shape index (κ3) is 4.18. The van der Waals surface area contributed by atoms with E-state index < -0.39 is 0 Å². The first-order chi connectivity index (χ1) is 14.1. The maximum atomic E-state index is 12.5. The number of carbonyl (C=O) groups is 1. The van der Waals surface area contributed by atoms with Crippen LogP contribution in [0, 0.1) is 0 Å². The average molecular weight is 505 g/mol. The van der Waals surface area contributed by atoms with E-state index in [1.807, 2.05) is 36.4 Å². The molecule has 0 aromatic heterocycles. The predicted octanol–water partition coefficient (Wildman–Crippen LogP) is 6.72. The standard InChI is InChI=1S/C23H23BrClN3OS/c1-13-12-23(2,3)28(4)19-11-18(25)14(9-17(13)19)10-20-21(29)27-22(30-20)26-16-7-5-15(24)6-8-16/h5-11,13H,12H2,1-4H3,(H,26,27,29)/b20-10-. The van der Waals surface area contributed by atoms with E-state index in [2.05, 4.69) is 65.0 Å². The number of hydrogen-bond acceptors (Lipinski definition) is 4. The second-order valence-corrected chi connectivity index (χ2v) is 10.7. The van der Waals surface area contributed by atoms with Gasteiger partial charge in [0, 0.05) is 27.8 Å². The number of fused-ring (bicyclic) bond motifs is 1. The summed E-state index contributed by atoms with van der Waals surface area (Å²) >= 11 is 11.4. The fraction of sp³-hybridized carbons (Fsp3) is 0.304. The zero-order valence-corrected chi connectivity index (χ0v) is 20.5. The van der Waals surface area contributed by atoms with Crippen LogP contribution in [0.25, 0.3) is 6.08 Å². The molecule has 0 radical (unpaired) electrons. The van der Waals surface area contributed by atoms with Crippen molar-refractivity contribution in [1.29, 1.82) is 0 Å². The summed E-state index contributed by atoms with van der Waals surface area (Å²) in [6.45, 7) is 6.75. The van der Waals surface area contributed by atoms with Gasteiger partial charge in [0.2, 0.25) is 0 Å². The quantitative estimate of drug-likeness (QED) is 0.462. The van der Waals surface area contributed by atoms with Crippen LogP contribution >= 0.6 is 39.3 Å². The summed E-state index contributed by atoms with van der Waals surface area (Å²) in [5.41, 5.74) is 4.15. The van der Waals surface area contributed by atoms with Gasteiger partial charge in [0.15, 0.2) is 5.17 Å². The minimum absolute atomic E-state index is 0.0787. The van der Waals surface area contributed by atoms with Gasteiger partial charge >= 0.3 is 0 Å². The molecule has 0 aliphatic carbocycles. The number of thioether (sulfide) groups is 1. The molecule has 2 aliphatic heterocycles. The number of hydrogen-bond donors (Lipinski definition) is 1.